The van der Waals surface area contributed by atoms with Gasteiger partial charge in [0.1, 0.15) is 17.3 Å². The molecule has 0 radical (unpaired) electrons. The molecule has 1 heterocycles. The van der Waals surface area contributed by atoms with Crippen LogP contribution in [0.25, 0.3) is 0 Å². The van der Waals surface area contributed by atoms with Crippen LogP contribution in [0.4, 0.5) is 5.69 Å². The summed E-state index contributed by atoms with van der Waals surface area (Å²) in [6.07, 6.45) is 0. The van der Waals surface area contributed by atoms with Gasteiger partial charge in [0.2, 0.25) is 0 Å². The quantitative estimate of drug-likeness (QED) is 0.326. The summed E-state index contributed by atoms with van der Waals surface area (Å²) in [7, 11) is 0. The van der Waals surface area contributed by atoms with Crippen LogP contribution in [0.1, 0.15) is 11.1 Å². The largest absolute Gasteiger partial charge is 0.487 e. The van der Waals surface area contributed by atoms with E-state index in [0.717, 1.165) is 38.2 Å². The third kappa shape index (κ3) is 5.04. The summed E-state index contributed by atoms with van der Waals surface area (Å²) in [5.74, 6) is 0.655. The normalized spacial score (nSPS) is 14.1. The van der Waals surface area contributed by atoms with E-state index in [1.54, 1.807) is 12.1 Å². The first-order valence-electron chi connectivity index (χ1n) is 8.18. The number of ether oxygens (including phenoxy) is 2. The second-order valence-corrected chi connectivity index (χ2v) is 7.98. The number of nitro benzene ring substituents is 1. The highest BCUT2D eigenvalue weighted by Crippen LogP contribution is 2.36. The van der Waals surface area contributed by atoms with Crippen LogP contribution in [0.2, 0.25) is 0 Å². The van der Waals surface area contributed by atoms with Crippen LogP contribution in [0.3, 0.4) is 0 Å². The molecule has 142 valence electrons. The van der Waals surface area contributed by atoms with Crippen molar-refractivity contribution in [3.05, 3.63) is 66.6 Å². The van der Waals surface area contributed by atoms with Crippen molar-refractivity contribution < 1.29 is 14.4 Å². The predicted octanol–water partition coefficient (Wildman–Crippen LogP) is 4.71. The second-order valence-electron chi connectivity index (χ2n) is 5.89. The summed E-state index contributed by atoms with van der Waals surface area (Å²) in [6, 6.07) is 10.2. The second kappa shape index (κ2) is 9.09. The minimum Gasteiger partial charge on any atom is -0.487 e. The zero-order valence-corrected chi connectivity index (χ0v) is 18.2. The molecule has 2 aromatic rings. The number of nitro groups is 1. The molecule has 0 saturated carbocycles. The monoisotopic (exact) mass is 514 g/mol. The summed E-state index contributed by atoms with van der Waals surface area (Å²) >= 11 is 12.7. The Labute approximate surface area is 178 Å². The van der Waals surface area contributed by atoms with Gasteiger partial charge in [-0.25, -0.2) is 0 Å². The summed E-state index contributed by atoms with van der Waals surface area (Å²) in [5, 5.41) is 10.7. The van der Waals surface area contributed by atoms with Crippen molar-refractivity contribution in [1.82, 2.24) is 4.90 Å². The Morgan fingerprint density at radius 3 is 2.33 bits per heavy atom. The van der Waals surface area contributed by atoms with E-state index in [1.807, 2.05) is 12.1 Å². The van der Waals surface area contributed by atoms with Crippen molar-refractivity contribution in [2.75, 3.05) is 26.3 Å². The highest BCUT2D eigenvalue weighted by atomic mass is 79.9. The molecular weight excluding hydrogens is 500 g/mol. The zero-order chi connectivity index (χ0) is 19.4. The van der Waals surface area contributed by atoms with Gasteiger partial charge in [-0.3, -0.25) is 10.1 Å². The summed E-state index contributed by atoms with van der Waals surface area (Å²) in [5.41, 5.74) is 1.82. The van der Waals surface area contributed by atoms with E-state index >= 15 is 0 Å². The lowest BCUT2D eigenvalue weighted by atomic mass is 10.2. The Bertz CT molecular complexity index is 832. The van der Waals surface area contributed by atoms with Gasteiger partial charge in [-0.2, -0.15) is 0 Å². The molecule has 0 amide bonds. The van der Waals surface area contributed by atoms with Gasteiger partial charge in [-0.1, -0.05) is 12.2 Å². The standard InChI is InChI=1S/C18H16Br2N2O4S/c19-15-9-13(18(27)21-5-7-25-8-6-21)10-16(20)17(15)26-11-12-1-3-14(4-2-12)22(23)24/h1-4,9-10H,5-8,11H2. The Morgan fingerprint density at radius 1 is 1.19 bits per heavy atom. The molecule has 0 N–H and O–H groups in total. The van der Waals surface area contributed by atoms with Crippen molar-refractivity contribution in [1.29, 1.82) is 0 Å². The van der Waals surface area contributed by atoms with Gasteiger partial charge in [0.05, 0.1) is 27.1 Å². The summed E-state index contributed by atoms with van der Waals surface area (Å²) in [6.45, 7) is 3.22. The van der Waals surface area contributed by atoms with Crippen LogP contribution in [0, 0.1) is 10.1 Å². The minimum absolute atomic E-state index is 0.0575. The van der Waals surface area contributed by atoms with Crippen molar-refractivity contribution in [2.45, 2.75) is 6.61 Å². The average Bonchev–Trinajstić information content (AvgIpc) is 2.67. The predicted molar refractivity (Wildman–Crippen MR) is 113 cm³/mol. The molecule has 27 heavy (non-hydrogen) atoms. The van der Waals surface area contributed by atoms with Crippen LogP contribution in [0.5, 0.6) is 5.75 Å². The molecule has 2 aromatic carbocycles. The van der Waals surface area contributed by atoms with Crippen molar-refractivity contribution in [3.8, 4) is 5.75 Å². The van der Waals surface area contributed by atoms with Crippen LogP contribution in [0.15, 0.2) is 45.3 Å². The Hall–Kier alpha value is -1.55. The molecule has 0 aliphatic carbocycles. The topological polar surface area (TPSA) is 64.8 Å². The molecule has 0 aromatic heterocycles. The fourth-order valence-electron chi connectivity index (χ4n) is 2.64. The van der Waals surface area contributed by atoms with Gasteiger partial charge < -0.3 is 14.4 Å². The summed E-state index contributed by atoms with van der Waals surface area (Å²) in [4.78, 5) is 13.2. The van der Waals surface area contributed by atoms with Gasteiger partial charge in [0, 0.05) is 30.8 Å². The number of morpholine rings is 1. The van der Waals surface area contributed by atoms with E-state index in [4.69, 9.17) is 21.7 Å². The first-order chi connectivity index (χ1) is 13.0. The Morgan fingerprint density at radius 2 is 1.78 bits per heavy atom. The lowest BCUT2D eigenvalue weighted by Crippen LogP contribution is -2.40. The van der Waals surface area contributed by atoms with E-state index < -0.39 is 4.92 Å². The number of hydrogen-bond donors (Lipinski definition) is 0. The molecule has 0 spiro atoms. The molecule has 3 rings (SSSR count). The molecule has 9 heteroatoms. The molecule has 1 saturated heterocycles. The van der Waals surface area contributed by atoms with E-state index in [0.29, 0.717) is 25.6 Å². The number of benzene rings is 2. The number of rotatable bonds is 5. The van der Waals surface area contributed by atoms with Crippen LogP contribution in [-0.4, -0.2) is 41.1 Å². The maximum atomic E-state index is 10.7. The van der Waals surface area contributed by atoms with Crippen molar-refractivity contribution in [2.24, 2.45) is 0 Å². The number of hydrogen-bond acceptors (Lipinski definition) is 5. The van der Waals surface area contributed by atoms with Gasteiger partial charge in [0.15, 0.2) is 0 Å². The first-order valence-corrected chi connectivity index (χ1v) is 10.2. The average molecular weight is 516 g/mol. The molecule has 1 aliphatic rings. The highest BCUT2D eigenvalue weighted by molar-refractivity contribution is 9.11. The van der Waals surface area contributed by atoms with E-state index in [9.17, 15) is 10.1 Å². The lowest BCUT2D eigenvalue weighted by molar-refractivity contribution is -0.384. The van der Waals surface area contributed by atoms with Crippen molar-refractivity contribution in [3.63, 3.8) is 0 Å². The Kier molecular flexibility index (Phi) is 6.80. The highest BCUT2D eigenvalue weighted by Gasteiger charge is 2.18. The molecule has 0 unspecified atom stereocenters. The third-order valence-electron chi connectivity index (χ3n) is 4.07. The Balaban J connectivity index is 1.71. The number of thiocarbonyl (C=S) groups is 1. The van der Waals surface area contributed by atoms with Crippen LogP contribution >= 0.6 is 44.1 Å². The van der Waals surface area contributed by atoms with E-state index in [1.165, 1.54) is 12.1 Å². The lowest BCUT2D eigenvalue weighted by Gasteiger charge is -2.29. The minimum atomic E-state index is -0.423. The number of non-ortho nitro benzene ring substituents is 1. The molecule has 0 bridgehead atoms. The smallest absolute Gasteiger partial charge is 0.269 e. The molecule has 1 fully saturated rings. The van der Waals surface area contributed by atoms with E-state index in [-0.39, 0.29) is 5.69 Å². The number of nitrogens with zero attached hydrogens (tertiary/aromatic N) is 2. The maximum absolute atomic E-state index is 10.7. The molecule has 0 atom stereocenters. The van der Waals surface area contributed by atoms with Gasteiger partial charge in [0.25, 0.3) is 5.69 Å². The zero-order valence-electron chi connectivity index (χ0n) is 14.2. The van der Waals surface area contributed by atoms with Crippen LogP contribution in [-0.2, 0) is 11.3 Å². The fourth-order valence-corrected chi connectivity index (χ4v) is 4.36. The molecular formula is C18H16Br2N2O4S. The molecule has 6 nitrogen and oxygen atoms in total. The molecule has 1 aliphatic heterocycles. The van der Waals surface area contributed by atoms with Gasteiger partial charge in [-0.05, 0) is 61.7 Å². The SMILES string of the molecule is O=[N+]([O-])c1ccc(COc2c(Br)cc(C(=S)N3CCOCC3)cc2Br)cc1. The van der Waals surface area contributed by atoms with Crippen molar-refractivity contribution >= 4 is 54.8 Å². The first kappa shape index (κ1) is 20.2. The third-order valence-corrected chi connectivity index (χ3v) is 5.75. The fraction of sp³-hybridized carbons (Fsp3) is 0.278. The summed E-state index contributed by atoms with van der Waals surface area (Å²) < 4.78 is 12.8. The van der Waals surface area contributed by atoms with Gasteiger partial charge >= 0.3 is 0 Å². The maximum Gasteiger partial charge on any atom is 0.269 e. The van der Waals surface area contributed by atoms with E-state index in [2.05, 4.69) is 36.8 Å². The van der Waals surface area contributed by atoms with Crippen LogP contribution < -0.4 is 4.74 Å². The number of halogens is 2. The van der Waals surface area contributed by atoms with Gasteiger partial charge in [-0.15, -0.1) is 0 Å².